The monoisotopic (exact) mass is 292 g/mol. The fourth-order valence-corrected chi connectivity index (χ4v) is 2.56. The van der Waals surface area contributed by atoms with Crippen LogP contribution in [0.5, 0.6) is 0 Å². The molecule has 1 aliphatic heterocycles. The van der Waals surface area contributed by atoms with Crippen LogP contribution in [0.15, 0.2) is 18.2 Å². The lowest BCUT2D eigenvalue weighted by Gasteiger charge is -2.33. The number of carbonyl (C=O) groups excluding carboxylic acids is 1. The van der Waals surface area contributed by atoms with Crippen molar-refractivity contribution in [3.05, 3.63) is 23.8 Å². The van der Waals surface area contributed by atoms with E-state index < -0.39 is 0 Å². The van der Waals surface area contributed by atoms with E-state index in [4.69, 9.17) is 10.8 Å². The van der Waals surface area contributed by atoms with Crippen LogP contribution in [0.2, 0.25) is 0 Å². The van der Waals surface area contributed by atoms with Gasteiger partial charge in [-0.2, -0.15) is 0 Å². The van der Waals surface area contributed by atoms with E-state index in [-0.39, 0.29) is 12.5 Å². The fourth-order valence-electron chi connectivity index (χ4n) is 2.56. The summed E-state index contributed by atoms with van der Waals surface area (Å²) in [4.78, 5) is 16.5. The van der Waals surface area contributed by atoms with E-state index in [9.17, 15) is 4.79 Å². The third-order valence-corrected chi connectivity index (χ3v) is 3.82. The van der Waals surface area contributed by atoms with Gasteiger partial charge in [-0.25, -0.2) is 0 Å². The number of anilines is 2. The SMILES string of the molecule is Cc1cccc(N)c1NC(=O)CN1CCN(CCO)CC1. The lowest BCUT2D eigenvalue weighted by atomic mass is 10.1. The van der Waals surface area contributed by atoms with Crippen molar-refractivity contribution < 1.29 is 9.90 Å². The minimum Gasteiger partial charge on any atom is -0.397 e. The number of hydrogen-bond acceptors (Lipinski definition) is 5. The molecule has 6 nitrogen and oxygen atoms in total. The maximum absolute atomic E-state index is 12.1. The Hall–Kier alpha value is -1.63. The van der Waals surface area contributed by atoms with Gasteiger partial charge in [0, 0.05) is 32.7 Å². The number of hydrogen-bond donors (Lipinski definition) is 3. The Kier molecular flexibility index (Phi) is 5.55. The molecule has 2 rings (SSSR count). The highest BCUT2D eigenvalue weighted by Crippen LogP contribution is 2.22. The van der Waals surface area contributed by atoms with Gasteiger partial charge in [0.15, 0.2) is 0 Å². The van der Waals surface area contributed by atoms with Crippen molar-refractivity contribution in [1.82, 2.24) is 9.80 Å². The van der Waals surface area contributed by atoms with Gasteiger partial charge in [0.25, 0.3) is 0 Å². The molecule has 116 valence electrons. The van der Waals surface area contributed by atoms with E-state index in [1.54, 1.807) is 6.07 Å². The van der Waals surface area contributed by atoms with Crippen molar-refractivity contribution in [2.24, 2.45) is 0 Å². The zero-order chi connectivity index (χ0) is 15.2. The summed E-state index contributed by atoms with van der Waals surface area (Å²) in [6.07, 6.45) is 0. The summed E-state index contributed by atoms with van der Waals surface area (Å²) >= 11 is 0. The van der Waals surface area contributed by atoms with Gasteiger partial charge in [0.05, 0.1) is 24.5 Å². The number of aliphatic hydroxyl groups excluding tert-OH is 1. The molecule has 1 aromatic carbocycles. The van der Waals surface area contributed by atoms with E-state index in [0.717, 1.165) is 31.7 Å². The number of para-hydroxylation sites is 1. The number of amides is 1. The molecule has 0 aliphatic carbocycles. The molecular weight excluding hydrogens is 268 g/mol. The Morgan fingerprint density at radius 3 is 2.57 bits per heavy atom. The van der Waals surface area contributed by atoms with Crippen LogP contribution >= 0.6 is 0 Å². The molecule has 1 heterocycles. The van der Waals surface area contributed by atoms with Gasteiger partial charge in [-0.3, -0.25) is 14.6 Å². The first-order valence-corrected chi connectivity index (χ1v) is 7.30. The molecule has 0 radical (unpaired) electrons. The molecule has 0 aromatic heterocycles. The average molecular weight is 292 g/mol. The van der Waals surface area contributed by atoms with E-state index >= 15 is 0 Å². The van der Waals surface area contributed by atoms with Gasteiger partial charge >= 0.3 is 0 Å². The molecule has 0 spiro atoms. The molecule has 0 saturated carbocycles. The summed E-state index contributed by atoms with van der Waals surface area (Å²) in [6.45, 7) is 6.67. The number of β-amino-alcohol motifs (C(OH)–C–C–N with tert-alkyl or cyclic N) is 1. The first kappa shape index (κ1) is 15.8. The number of nitrogen functional groups attached to an aromatic ring is 1. The first-order valence-electron chi connectivity index (χ1n) is 7.30. The molecule has 4 N–H and O–H groups in total. The molecule has 0 atom stereocenters. The smallest absolute Gasteiger partial charge is 0.238 e. The Bertz CT molecular complexity index is 464. The van der Waals surface area contributed by atoms with Crippen molar-refractivity contribution in [2.45, 2.75) is 6.92 Å². The number of carbonyl (C=O) groups is 1. The first-order chi connectivity index (χ1) is 10.1. The van der Waals surface area contributed by atoms with Crippen LogP contribution in [0.1, 0.15) is 5.56 Å². The van der Waals surface area contributed by atoms with Crippen LogP contribution in [-0.2, 0) is 4.79 Å². The number of aryl methyl sites for hydroxylation is 1. The summed E-state index contributed by atoms with van der Waals surface area (Å²) in [6, 6.07) is 5.59. The lowest BCUT2D eigenvalue weighted by molar-refractivity contribution is -0.117. The number of nitrogens with two attached hydrogens (primary N) is 1. The van der Waals surface area contributed by atoms with Crippen LogP contribution in [-0.4, -0.2) is 66.7 Å². The Morgan fingerprint density at radius 2 is 1.95 bits per heavy atom. The maximum Gasteiger partial charge on any atom is 0.238 e. The molecule has 1 aliphatic rings. The van der Waals surface area contributed by atoms with Crippen LogP contribution < -0.4 is 11.1 Å². The minimum absolute atomic E-state index is 0.0355. The van der Waals surface area contributed by atoms with Crippen molar-refractivity contribution in [2.75, 3.05) is 56.9 Å². The van der Waals surface area contributed by atoms with Gasteiger partial charge < -0.3 is 16.2 Å². The second-order valence-electron chi connectivity index (χ2n) is 5.43. The Balaban J connectivity index is 1.83. The van der Waals surface area contributed by atoms with Gasteiger partial charge in [-0.05, 0) is 18.6 Å². The largest absolute Gasteiger partial charge is 0.397 e. The van der Waals surface area contributed by atoms with Crippen molar-refractivity contribution in [3.8, 4) is 0 Å². The summed E-state index contributed by atoms with van der Waals surface area (Å²) in [7, 11) is 0. The summed E-state index contributed by atoms with van der Waals surface area (Å²) < 4.78 is 0. The topological polar surface area (TPSA) is 81.8 Å². The Morgan fingerprint density at radius 1 is 1.29 bits per heavy atom. The summed E-state index contributed by atoms with van der Waals surface area (Å²) in [5.41, 5.74) is 8.17. The normalized spacial score (nSPS) is 16.9. The summed E-state index contributed by atoms with van der Waals surface area (Å²) in [5.74, 6) is -0.0355. The van der Waals surface area contributed by atoms with Gasteiger partial charge in [-0.1, -0.05) is 12.1 Å². The minimum atomic E-state index is -0.0355. The highest BCUT2D eigenvalue weighted by Gasteiger charge is 2.19. The second kappa shape index (κ2) is 7.40. The zero-order valence-corrected chi connectivity index (χ0v) is 12.5. The molecular formula is C15H24N4O2. The third kappa shape index (κ3) is 4.42. The van der Waals surface area contributed by atoms with E-state index in [0.29, 0.717) is 24.5 Å². The van der Waals surface area contributed by atoms with E-state index in [1.807, 2.05) is 19.1 Å². The predicted octanol–water partition coefficient (Wildman–Crippen LogP) is 0.126. The number of nitrogens with zero attached hydrogens (tertiary/aromatic N) is 2. The standard InChI is InChI=1S/C15H24N4O2/c1-12-3-2-4-13(16)15(12)17-14(21)11-19-7-5-18(6-8-19)9-10-20/h2-4,20H,5-11,16H2,1H3,(H,17,21). The van der Waals surface area contributed by atoms with Crippen LogP contribution in [0, 0.1) is 6.92 Å². The van der Waals surface area contributed by atoms with Crippen LogP contribution in [0.4, 0.5) is 11.4 Å². The maximum atomic E-state index is 12.1. The molecule has 1 fully saturated rings. The lowest BCUT2D eigenvalue weighted by Crippen LogP contribution is -2.49. The van der Waals surface area contributed by atoms with E-state index in [2.05, 4.69) is 15.1 Å². The van der Waals surface area contributed by atoms with Crippen molar-refractivity contribution >= 4 is 17.3 Å². The van der Waals surface area contributed by atoms with Gasteiger partial charge in [0.1, 0.15) is 0 Å². The highest BCUT2D eigenvalue weighted by molar-refractivity contribution is 5.96. The molecule has 1 aromatic rings. The molecule has 6 heteroatoms. The highest BCUT2D eigenvalue weighted by atomic mass is 16.3. The number of aliphatic hydroxyl groups is 1. The predicted molar refractivity (Wildman–Crippen MR) is 84.2 cm³/mol. The second-order valence-corrected chi connectivity index (χ2v) is 5.43. The molecule has 0 unspecified atom stereocenters. The van der Waals surface area contributed by atoms with E-state index in [1.165, 1.54) is 0 Å². The fraction of sp³-hybridized carbons (Fsp3) is 0.533. The summed E-state index contributed by atoms with van der Waals surface area (Å²) in [5, 5.41) is 11.8. The molecule has 1 saturated heterocycles. The molecule has 1 amide bonds. The zero-order valence-electron chi connectivity index (χ0n) is 12.5. The van der Waals surface area contributed by atoms with Crippen molar-refractivity contribution in [3.63, 3.8) is 0 Å². The Labute approximate surface area is 125 Å². The number of benzene rings is 1. The van der Waals surface area contributed by atoms with Crippen LogP contribution in [0.3, 0.4) is 0 Å². The number of piperazine rings is 1. The molecule has 21 heavy (non-hydrogen) atoms. The molecule has 0 bridgehead atoms. The average Bonchev–Trinajstić information content (AvgIpc) is 2.45. The number of rotatable bonds is 5. The van der Waals surface area contributed by atoms with Crippen LogP contribution in [0.25, 0.3) is 0 Å². The van der Waals surface area contributed by atoms with Crippen molar-refractivity contribution in [1.29, 1.82) is 0 Å². The van der Waals surface area contributed by atoms with Gasteiger partial charge in [0.2, 0.25) is 5.91 Å². The third-order valence-electron chi connectivity index (χ3n) is 3.82. The van der Waals surface area contributed by atoms with Gasteiger partial charge in [-0.15, -0.1) is 0 Å². The number of nitrogens with one attached hydrogen (secondary N) is 1. The quantitative estimate of drug-likeness (QED) is 0.672.